The minimum absolute atomic E-state index is 0.177. The Morgan fingerprint density at radius 3 is 2.59 bits per heavy atom. The molecule has 1 N–H and O–H groups in total. The van der Waals surface area contributed by atoms with Gasteiger partial charge in [0.25, 0.3) is 0 Å². The first kappa shape index (κ1) is 19.6. The van der Waals surface area contributed by atoms with Gasteiger partial charge in [-0.25, -0.2) is 9.97 Å². The lowest BCUT2D eigenvalue weighted by Crippen LogP contribution is -2.19. The minimum Gasteiger partial charge on any atom is -0.360 e. The molecular formula is C21H20N4O2S2. The molecule has 1 amide bonds. The van der Waals surface area contributed by atoms with Gasteiger partial charge in [0.1, 0.15) is 26.7 Å². The second-order valence-corrected chi connectivity index (χ2v) is 9.06. The van der Waals surface area contributed by atoms with Gasteiger partial charge >= 0.3 is 0 Å². The summed E-state index contributed by atoms with van der Waals surface area (Å²) < 4.78 is 5.07. The lowest BCUT2D eigenvalue weighted by Gasteiger charge is -2.16. The summed E-state index contributed by atoms with van der Waals surface area (Å²) in [5.41, 5.74) is 2.05. The van der Waals surface area contributed by atoms with Crippen LogP contribution >= 0.6 is 23.1 Å². The largest absolute Gasteiger partial charge is 0.360 e. The van der Waals surface area contributed by atoms with E-state index in [1.54, 1.807) is 24.3 Å². The Morgan fingerprint density at radius 1 is 1.14 bits per heavy atom. The number of carbonyl (C=O) groups excluding carboxylic acids is 1. The SMILES string of the molecule is Cc1nc(SC(C(=O)Nc2cc(C)on2)c2ccccc2)c2c(C)c(C)sc2n1. The van der Waals surface area contributed by atoms with E-state index in [1.165, 1.54) is 16.6 Å². The van der Waals surface area contributed by atoms with Crippen molar-refractivity contribution in [2.24, 2.45) is 0 Å². The monoisotopic (exact) mass is 424 g/mol. The van der Waals surface area contributed by atoms with Crippen LogP contribution in [0.4, 0.5) is 5.82 Å². The zero-order valence-corrected chi connectivity index (χ0v) is 18.1. The van der Waals surface area contributed by atoms with Gasteiger partial charge in [-0.05, 0) is 38.8 Å². The van der Waals surface area contributed by atoms with Gasteiger partial charge in [0.05, 0.1) is 0 Å². The number of rotatable bonds is 5. The highest BCUT2D eigenvalue weighted by atomic mass is 32.2. The molecule has 148 valence electrons. The van der Waals surface area contributed by atoms with Crippen molar-refractivity contribution in [2.75, 3.05) is 5.32 Å². The van der Waals surface area contributed by atoms with Crippen molar-refractivity contribution in [2.45, 2.75) is 38.0 Å². The average Bonchev–Trinajstić information content (AvgIpc) is 3.22. The molecular weight excluding hydrogens is 404 g/mol. The highest BCUT2D eigenvalue weighted by molar-refractivity contribution is 8.00. The molecule has 0 fully saturated rings. The molecule has 29 heavy (non-hydrogen) atoms. The van der Waals surface area contributed by atoms with E-state index >= 15 is 0 Å². The van der Waals surface area contributed by atoms with Gasteiger partial charge in [0.2, 0.25) is 5.91 Å². The lowest BCUT2D eigenvalue weighted by molar-refractivity contribution is -0.115. The number of amides is 1. The normalized spacial score (nSPS) is 12.3. The molecule has 3 heterocycles. The van der Waals surface area contributed by atoms with Crippen molar-refractivity contribution in [3.63, 3.8) is 0 Å². The minimum atomic E-state index is -0.495. The van der Waals surface area contributed by atoms with Crippen LogP contribution in [0.5, 0.6) is 0 Å². The number of nitrogens with one attached hydrogen (secondary N) is 1. The van der Waals surface area contributed by atoms with Crippen LogP contribution in [0, 0.1) is 27.7 Å². The molecule has 0 saturated heterocycles. The number of carbonyl (C=O) groups is 1. The van der Waals surface area contributed by atoms with Crippen molar-refractivity contribution in [1.82, 2.24) is 15.1 Å². The quantitative estimate of drug-likeness (QED) is 0.342. The van der Waals surface area contributed by atoms with E-state index in [-0.39, 0.29) is 5.91 Å². The smallest absolute Gasteiger partial charge is 0.243 e. The summed E-state index contributed by atoms with van der Waals surface area (Å²) in [6, 6.07) is 11.4. The van der Waals surface area contributed by atoms with E-state index in [9.17, 15) is 4.79 Å². The molecule has 0 bridgehead atoms. The highest BCUT2D eigenvalue weighted by Gasteiger charge is 2.26. The maximum absolute atomic E-state index is 13.2. The average molecular weight is 425 g/mol. The van der Waals surface area contributed by atoms with Gasteiger partial charge in [-0.3, -0.25) is 4.79 Å². The van der Waals surface area contributed by atoms with E-state index in [2.05, 4.69) is 34.3 Å². The lowest BCUT2D eigenvalue weighted by atomic mass is 10.1. The van der Waals surface area contributed by atoms with Gasteiger partial charge in [-0.15, -0.1) is 11.3 Å². The van der Waals surface area contributed by atoms with Gasteiger partial charge < -0.3 is 9.84 Å². The topological polar surface area (TPSA) is 80.9 Å². The zero-order chi connectivity index (χ0) is 20.5. The van der Waals surface area contributed by atoms with Crippen LogP contribution in [-0.4, -0.2) is 21.0 Å². The number of aryl methyl sites for hydroxylation is 4. The predicted octanol–water partition coefficient (Wildman–Crippen LogP) is 5.39. The summed E-state index contributed by atoms with van der Waals surface area (Å²) in [5.74, 6) is 1.56. The summed E-state index contributed by atoms with van der Waals surface area (Å²) in [5, 5.41) is 8.08. The van der Waals surface area contributed by atoms with Crippen molar-refractivity contribution < 1.29 is 9.32 Å². The third kappa shape index (κ3) is 4.04. The van der Waals surface area contributed by atoms with Gasteiger partial charge in [0, 0.05) is 16.3 Å². The molecule has 3 aromatic heterocycles. The van der Waals surface area contributed by atoms with Crippen LogP contribution < -0.4 is 5.32 Å². The summed E-state index contributed by atoms with van der Waals surface area (Å²) >= 11 is 3.09. The molecule has 1 unspecified atom stereocenters. The Morgan fingerprint density at radius 2 is 1.90 bits per heavy atom. The first-order valence-electron chi connectivity index (χ1n) is 9.12. The Balaban J connectivity index is 1.75. The van der Waals surface area contributed by atoms with E-state index in [1.807, 2.05) is 37.3 Å². The number of nitrogens with zero attached hydrogens (tertiary/aromatic N) is 3. The maximum atomic E-state index is 13.2. The Hall–Kier alpha value is -2.71. The van der Waals surface area contributed by atoms with E-state index in [0.717, 1.165) is 26.4 Å². The van der Waals surface area contributed by atoms with Crippen LogP contribution in [0.2, 0.25) is 0 Å². The van der Waals surface area contributed by atoms with E-state index in [0.29, 0.717) is 17.4 Å². The molecule has 0 aliphatic heterocycles. The van der Waals surface area contributed by atoms with Crippen LogP contribution in [0.25, 0.3) is 10.2 Å². The Kier molecular flexibility index (Phi) is 5.38. The predicted molar refractivity (Wildman–Crippen MR) is 117 cm³/mol. The van der Waals surface area contributed by atoms with Crippen LogP contribution in [-0.2, 0) is 4.79 Å². The molecule has 0 spiro atoms. The van der Waals surface area contributed by atoms with E-state index in [4.69, 9.17) is 4.52 Å². The molecule has 8 heteroatoms. The Bertz CT molecular complexity index is 1180. The second kappa shape index (κ2) is 7.96. The van der Waals surface area contributed by atoms with Gasteiger partial charge in [-0.2, -0.15) is 0 Å². The Labute approximate surface area is 176 Å². The molecule has 0 aliphatic carbocycles. The maximum Gasteiger partial charge on any atom is 0.243 e. The van der Waals surface area contributed by atoms with Crippen molar-refractivity contribution in [1.29, 1.82) is 0 Å². The van der Waals surface area contributed by atoms with Crippen LogP contribution in [0.3, 0.4) is 0 Å². The summed E-state index contributed by atoms with van der Waals surface area (Å²) in [7, 11) is 0. The van der Waals surface area contributed by atoms with Gasteiger partial charge in [-0.1, -0.05) is 47.3 Å². The molecule has 1 aromatic carbocycles. The molecule has 0 aliphatic rings. The second-order valence-electron chi connectivity index (χ2n) is 6.76. The molecule has 6 nitrogen and oxygen atoms in total. The number of hydrogen-bond acceptors (Lipinski definition) is 7. The zero-order valence-electron chi connectivity index (χ0n) is 16.5. The van der Waals surface area contributed by atoms with Gasteiger partial charge in [0.15, 0.2) is 5.82 Å². The van der Waals surface area contributed by atoms with Crippen LogP contribution in [0.1, 0.15) is 32.8 Å². The number of hydrogen-bond donors (Lipinski definition) is 1. The molecule has 0 saturated carbocycles. The molecule has 4 rings (SSSR count). The molecule has 1 atom stereocenters. The van der Waals surface area contributed by atoms with Crippen molar-refractivity contribution in [3.8, 4) is 0 Å². The number of aromatic nitrogens is 3. The standard InChI is InChI=1S/C21H20N4O2S2/c1-11-10-16(25-27-11)24-19(26)18(15-8-6-5-7-9-15)29-21-17-12(2)13(3)28-20(17)22-14(4)23-21/h5-10,18H,1-4H3,(H,24,25,26). The fraction of sp³-hybridized carbons (Fsp3) is 0.238. The van der Waals surface area contributed by atoms with Crippen molar-refractivity contribution in [3.05, 3.63) is 64.0 Å². The number of thioether (sulfide) groups is 1. The molecule has 4 aromatic rings. The van der Waals surface area contributed by atoms with E-state index < -0.39 is 5.25 Å². The fourth-order valence-electron chi connectivity index (χ4n) is 3.03. The first-order valence-corrected chi connectivity index (χ1v) is 10.8. The summed E-state index contributed by atoms with van der Waals surface area (Å²) in [4.78, 5) is 24.6. The third-order valence-electron chi connectivity index (χ3n) is 4.56. The third-order valence-corrected chi connectivity index (χ3v) is 6.90. The molecule has 0 radical (unpaired) electrons. The summed E-state index contributed by atoms with van der Waals surface area (Å²) in [6.07, 6.45) is 0. The first-order chi connectivity index (χ1) is 13.9. The number of anilines is 1. The highest BCUT2D eigenvalue weighted by Crippen LogP contribution is 2.41. The number of fused-ring (bicyclic) bond motifs is 1. The summed E-state index contributed by atoms with van der Waals surface area (Å²) in [6.45, 7) is 7.82. The number of thiophene rings is 1. The number of benzene rings is 1. The van der Waals surface area contributed by atoms with Crippen molar-refractivity contribution >= 4 is 45.0 Å². The fourth-order valence-corrected chi connectivity index (χ4v) is 5.40. The van der Waals surface area contributed by atoms with Crippen LogP contribution in [0.15, 0.2) is 45.9 Å².